The summed E-state index contributed by atoms with van der Waals surface area (Å²) < 4.78 is 10.9. The van der Waals surface area contributed by atoms with E-state index in [-0.39, 0.29) is 5.91 Å². The molecule has 4 aromatic rings. The largest absolute Gasteiger partial charge is 0.495 e. The molecule has 44 heavy (non-hydrogen) atoms. The van der Waals surface area contributed by atoms with Crippen molar-refractivity contribution in [3.05, 3.63) is 69.1 Å². The van der Waals surface area contributed by atoms with Gasteiger partial charge in [-0.1, -0.05) is 63.0 Å². The number of nitrogens with zero attached hydrogens (tertiary/aromatic N) is 4. The van der Waals surface area contributed by atoms with Gasteiger partial charge >= 0.3 is 0 Å². The van der Waals surface area contributed by atoms with Crippen molar-refractivity contribution in [3.8, 4) is 22.6 Å². The molecule has 1 fully saturated rings. The molecule has 0 aliphatic carbocycles. The lowest BCUT2D eigenvalue weighted by Crippen LogP contribution is -2.42. The Balaban J connectivity index is 0.00000127. The maximum Gasteiger partial charge on any atom is 0.259 e. The van der Waals surface area contributed by atoms with E-state index in [1.807, 2.05) is 53.7 Å². The van der Waals surface area contributed by atoms with E-state index in [1.54, 1.807) is 24.4 Å². The number of benzene rings is 2. The predicted molar refractivity (Wildman–Crippen MR) is 181 cm³/mol. The monoisotopic (exact) mass is 640 g/mol. The van der Waals surface area contributed by atoms with Crippen molar-refractivity contribution in [2.45, 2.75) is 48.1 Å². The van der Waals surface area contributed by atoms with Crippen molar-refractivity contribution < 1.29 is 14.3 Å². The number of amides is 1. The van der Waals surface area contributed by atoms with Crippen LogP contribution >= 0.6 is 23.2 Å². The first kappa shape index (κ1) is 35.0. The first-order valence-electron chi connectivity index (χ1n) is 14.9. The zero-order chi connectivity index (χ0) is 32.4. The van der Waals surface area contributed by atoms with E-state index in [9.17, 15) is 4.79 Å². The number of carbonyl (C=O) groups excluding carboxylic acids is 1. The molecule has 2 aromatic carbocycles. The second kappa shape index (κ2) is 16.5. The predicted octanol–water partition coefficient (Wildman–Crippen LogP) is 7.34. The van der Waals surface area contributed by atoms with Crippen molar-refractivity contribution in [2.24, 2.45) is 0 Å². The van der Waals surface area contributed by atoms with Crippen LogP contribution in [0.4, 0.5) is 5.82 Å². The van der Waals surface area contributed by atoms with Gasteiger partial charge in [0.25, 0.3) is 5.91 Å². The molecule has 11 heteroatoms. The van der Waals surface area contributed by atoms with Crippen molar-refractivity contribution in [2.75, 3.05) is 45.7 Å². The summed E-state index contributed by atoms with van der Waals surface area (Å²) >= 11 is 13.5. The highest BCUT2D eigenvalue weighted by Gasteiger charge is 2.24. The molecule has 1 saturated heterocycles. The first-order valence-corrected chi connectivity index (χ1v) is 15.6. The topological polar surface area (TPSA) is 102 Å². The van der Waals surface area contributed by atoms with Crippen molar-refractivity contribution in [1.29, 1.82) is 0 Å². The molecule has 9 nitrogen and oxygen atoms in total. The number of pyridine rings is 1. The molecular formula is C33H42Cl2N6O3. The summed E-state index contributed by atoms with van der Waals surface area (Å²) in [5, 5.41) is 6.86. The molecule has 2 aromatic heterocycles. The number of aromatic nitrogens is 3. The summed E-state index contributed by atoms with van der Waals surface area (Å²) in [6, 6.07) is 8.88. The summed E-state index contributed by atoms with van der Waals surface area (Å²) in [6.07, 6.45) is 1.80. The lowest BCUT2D eigenvalue weighted by Gasteiger charge is -2.27. The summed E-state index contributed by atoms with van der Waals surface area (Å²) in [5.74, 6) is 0.899. The summed E-state index contributed by atoms with van der Waals surface area (Å²) in [4.78, 5) is 29.9. The molecule has 1 amide bonds. The van der Waals surface area contributed by atoms with Crippen molar-refractivity contribution in [1.82, 2.24) is 25.2 Å². The lowest BCUT2D eigenvalue weighted by molar-refractivity contribution is 0.102. The van der Waals surface area contributed by atoms with Gasteiger partial charge in [0.05, 0.1) is 46.7 Å². The van der Waals surface area contributed by atoms with Crippen molar-refractivity contribution >= 4 is 46.0 Å². The number of carbonyl (C=O) groups is 1. The summed E-state index contributed by atoms with van der Waals surface area (Å²) in [6.45, 7) is 16.5. The smallest absolute Gasteiger partial charge is 0.259 e. The highest BCUT2D eigenvalue weighted by atomic mass is 35.5. The Morgan fingerprint density at radius 2 is 1.50 bits per heavy atom. The van der Waals surface area contributed by atoms with E-state index in [2.05, 4.69) is 20.5 Å². The van der Waals surface area contributed by atoms with Crippen LogP contribution in [-0.4, -0.2) is 66.2 Å². The minimum atomic E-state index is -0.350. The molecule has 0 saturated carbocycles. The highest BCUT2D eigenvalue weighted by Crippen LogP contribution is 2.47. The third-order valence-electron chi connectivity index (χ3n) is 7.00. The molecular weight excluding hydrogens is 599 g/mol. The number of nitrogens with one attached hydrogen (secondary N) is 2. The average molecular weight is 642 g/mol. The Morgan fingerprint density at radius 1 is 0.909 bits per heavy atom. The fourth-order valence-corrected chi connectivity index (χ4v) is 5.42. The van der Waals surface area contributed by atoms with Gasteiger partial charge in [0.2, 0.25) is 0 Å². The van der Waals surface area contributed by atoms with E-state index < -0.39 is 0 Å². The van der Waals surface area contributed by atoms with Gasteiger partial charge in [-0.25, -0.2) is 15.0 Å². The fourth-order valence-electron chi connectivity index (χ4n) is 4.71. The molecule has 0 atom stereocenters. The second-order valence-corrected chi connectivity index (χ2v) is 10.3. The molecule has 0 bridgehead atoms. The number of piperazine rings is 1. The number of fused-ring (bicyclic) bond motifs is 1. The number of hydrogen-bond donors (Lipinski definition) is 2. The van der Waals surface area contributed by atoms with Crippen LogP contribution < -0.4 is 20.1 Å². The standard InChI is InChI=1S/C29H30Cl2N6O3.2C2H6/c1-16-17(2)35-28-20(29(38)36-23-8-5-18(14-33-23)15-37-11-9-32-10-12-37)7-6-19(27(28)34-16)24-25(30)21(39-3)13-22(40-4)26(24)31;2*1-2/h5-8,13-14,32H,9-12,15H2,1-4H3,(H,33,36,38);2*1-2H3. The van der Waals surface area contributed by atoms with Gasteiger partial charge in [-0.2, -0.15) is 0 Å². The van der Waals surface area contributed by atoms with Crippen LogP contribution in [0.2, 0.25) is 10.0 Å². The molecule has 5 rings (SSSR count). The van der Waals surface area contributed by atoms with Gasteiger partial charge in [0, 0.05) is 56.1 Å². The number of aryl methyl sites for hydroxylation is 2. The van der Waals surface area contributed by atoms with Crippen LogP contribution in [-0.2, 0) is 6.54 Å². The molecule has 0 spiro atoms. The number of ether oxygens (including phenoxy) is 2. The third kappa shape index (κ3) is 7.77. The third-order valence-corrected chi connectivity index (χ3v) is 7.75. The number of hydrogen-bond acceptors (Lipinski definition) is 8. The maximum absolute atomic E-state index is 13.5. The normalized spacial score (nSPS) is 12.9. The van der Waals surface area contributed by atoms with Gasteiger partial charge < -0.3 is 20.1 Å². The van der Waals surface area contributed by atoms with Crippen LogP contribution in [0.25, 0.3) is 22.2 Å². The summed E-state index contributed by atoms with van der Waals surface area (Å²) in [5.41, 5.74) is 4.85. The summed E-state index contributed by atoms with van der Waals surface area (Å²) in [7, 11) is 3.03. The Labute approximate surface area is 270 Å². The fraction of sp³-hybridized carbons (Fsp3) is 0.394. The van der Waals surface area contributed by atoms with Crippen LogP contribution in [0.15, 0.2) is 36.5 Å². The van der Waals surface area contributed by atoms with Gasteiger partial charge in [0.1, 0.15) is 22.8 Å². The van der Waals surface area contributed by atoms with E-state index in [1.165, 1.54) is 14.2 Å². The van der Waals surface area contributed by atoms with Crippen LogP contribution in [0.5, 0.6) is 11.5 Å². The van der Waals surface area contributed by atoms with E-state index in [4.69, 9.17) is 42.6 Å². The molecule has 0 radical (unpaired) electrons. The number of methoxy groups -OCH3 is 2. The van der Waals surface area contributed by atoms with Gasteiger partial charge in [0.15, 0.2) is 0 Å². The Morgan fingerprint density at radius 3 is 2.05 bits per heavy atom. The minimum absolute atomic E-state index is 0.303. The van der Waals surface area contributed by atoms with E-state index in [0.717, 1.165) is 44.0 Å². The number of anilines is 1. The molecule has 0 unspecified atom stereocenters. The van der Waals surface area contributed by atoms with Gasteiger partial charge in [-0.3, -0.25) is 9.69 Å². The molecule has 3 heterocycles. The van der Waals surface area contributed by atoms with E-state index >= 15 is 0 Å². The Bertz CT molecular complexity index is 1550. The molecule has 1 aliphatic heterocycles. The number of halogens is 2. The molecule has 2 N–H and O–H groups in total. The van der Waals surface area contributed by atoms with Crippen LogP contribution in [0, 0.1) is 13.8 Å². The Hall–Kier alpha value is -3.50. The maximum atomic E-state index is 13.5. The molecule has 1 aliphatic rings. The van der Waals surface area contributed by atoms with Crippen LogP contribution in [0.1, 0.15) is 55.0 Å². The second-order valence-electron chi connectivity index (χ2n) is 9.57. The van der Waals surface area contributed by atoms with Crippen molar-refractivity contribution in [3.63, 3.8) is 0 Å². The van der Waals surface area contributed by atoms with Gasteiger partial charge in [-0.15, -0.1) is 0 Å². The zero-order valence-electron chi connectivity index (χ0n) is 26.8. The van der Waals surface area contributed by atoms with Gasteiger partial charge in [-0.05, 0) is 31.5 Å². The van der Waals surface area contributed by atoms with Crippen LogP contribution in [0.3, 0.4) is 0 Å². The minimum Gasteiger partial charge on any atom is -0.495 e. The SMILES string of the molecule is CC.CC.COc1cc(OC)c(Cl)c(-c2ccc(C(=O)Nc3ccc(CN4CCNCC4)cn3)c3nc(C)c(C)nc23)c1Cl. The quantitative estimate of drug-likeness (QED) is 0.216. The highest BCUT2D eigenvalue weighted by molar-refractivity contribution is 6.41. The molecule has 236 valence electrons. The Kier molecular flexibility index (Phi) is 13.1. The number of rotatable bonds is 7. The lowest BCUT2D eigenvalue weighted by atomic mass is 9.99. The first-order chi connectivity index (χ1) is 21.3. The van der Waals surface area contributed by atoms with E-state index in [0.29, 0.717) is 60.8 Å². The average Bonchev–Trinajstić information content (AvgIpc) is 3.05. The zero-order valence-corrected chi connectivity index (χ0v) is 28.3.